The quantitative estimate of drug-likeness (QED) is 0.103. The summed E-state index contributed by atoms with van der Waals surface area (Å²) in [7, 11) is 0. The van der Waals surface area contributed by atoms with Crippen molar-refractivity contribution in [3.63, 3.8) is 0 Å². The number of alkyl halides is 3. The third-order valence-corrected chi connectivity index (χ3v) is 42.0. The van der Waals surface area contributed by atoms with Crippen molar-refractivity contribution in [2.24, 2.45) is 211 Å². The van der Waals surface area contributed by atoms with Gasteiger partial charge >= 0.3 is 6.18 Å². The summed E-state index contributed by atoms with van der Waals surface area (Å²) in [5.41, 5.74) is -0.286. The number of carbonyl (C=O) groups excluding carboxylic acids is 4. The minimum Gasteiger partial charge on any atom is -0.390 e. The second kappa shape index (κ2) is 30.6. The van der Waals surface area contributed by atoms with Crippen molar-refractivity contribution in [3.05, 3.63) is 71.8 Å². The van der Waals surface area contributed by atoms with E-state index in [1.807, 2.05) is 44.8 Å². The molecule has 0 bridgehead atoms. The fourth-order valence-electron chi connectivity index (χ4n) is 37.8. The van der Waals surface area contributed by atoms with Gasteiger partial charge in [0.15, 0.2) is 34.5 Å². The molecule has 0 saturated heterocycles. The topological polar surface area (TPSA) is 268 Å². The molecule has 4 N–H and O–H groups in total. The van der Waals surface area contributed by atoms with Crippen molar-refractivity contribution >= 4 is 23.1 Å². The zero-order valence-corrected chi connectivity index (χ0v) is 76.1. The van der Waals surface area contributed by atoms with Crippen LogP contribution in [0.15, 0.2) is 49.3 Å². The van der Waals surface area contributed by atoms with Crippen molar-refractivity contribution in [3.8, 4) is 12.1 Å². The van der Waals surface area contributed by atoms with E-state index < -0.39 is 34.3 Å². The van der Waals surface area contributed by atoms with Gasteiger partial charge in [0, 0.05) is 48.5 Å². The van der Waals surface area contributed by atoms with Gasteiger partial charge in [-0.1, -0.05) is 27.7 Å². The zero-order chi connectivity index (χ0) is 87.3. The molecule has 4 heterocycles. The lowest BCUT2D eigenvalue weighted by molar-refractivity contribution is -0.142. The first-order valence-corrected chi connectivity index (χ1v) is 50.3. The van der Waals surface area contributed by atoms with E-state index in [2.05, 4.69) is 67.2 Å². The molecule has 0 aromatic carbocycles. The van der Waals surface area contributed by atoms with Crippen molar-refractivity contribution in [2.75, 3.05) is 0 Å². The summed E-state index contributed by atoms with van der Waals surface area (Å²) in [5, 5.41) is 77.1. The Morgan fingerprint density at radius 1 is 0.376 bits per heavy atom. The Hall–Kier alpha value is -5.87. The van der Waals surface area contributed by atoms with Gasteiger partial charge in [-0.3, -0.25) is 37.9 Å². The van der Waals surface area contributed by atoms with Gasteiger partial charge in [0.2, 0.25) is 0 Å². The van der Waals surface area contributed by atoms with Gasteiger partial charge in [-0.05, 0) is 445 Å². The number of aliphatic hydroxyl groups is 4. The molecule has 4 aromatic heterocycles. The summed E-state index contributed by atoms with van der Waals surface area (Å²) < 4.78 is 45.2. The molecule has 20 fully saturated rings. The SMILES string of the molecule is C[C@@]1(O)CC[C@H]2[C@H](CC[C@@H]3[C@@H]2CC[C@@]2(C)[C@H]3[C@@H]3C[C@@H]3[C@@H]2C(=O)Cn2cc(C#N)cn2)C1.C[C@@]1(O)CC[C@H]2[C@H](CC[C@@H]3[C@@H]2CC[C@@]2(C)[C@H]3[C@@H]3C[C@@H]3[C@@H]2C(=O)Cn2ccc(C#N)n2)C1.C[C@@]1(O)CC[C@H]2[C@H](CC[C@@H]3[C@@H]2CC[C@@]2(C)[C@H]3[C@@H]3C[C@@H]3[C@@H]2C(=O)Cn2ccc(C(F)(F)F)n2)C1.Cc1cnn(CC(=O)[C@H]2[C@H]3C[C@H]3[C@H]3[C@@H]4CC[C@@H]5C[C@](C)(O)CC[C@@H]5[C@H]4CC[C@@]32C)c1. The van der Waals surface area contributed by atoms with E-state index in [0.29, 0.717) is 131 Å². The van der Waals surface area contributed by atoms with E-state index in [-0.39, 0.29) is 57.7 Å². The number of aryl methyl sites for hydroxylation is 1. The van der Waals surface area contributed by atoms with Crippen molar-refractivity contribution in [1.29, 1.82) is 10.5 Å². The number of carbonyl (C=O) groups is 4. The molecule has 18 nitrogen and oxygen atoms in total. The van der Waals surface area contributed by atoms with Gasteiger partial charge in [-0.2, -0.15) is 44.1 Å². The lowest BCUT2D eigenvalue weighted by atomic mass is 9.48. The zero-order valence-electron chi connectivity index (χ0n) is 76.1. The van der Waals surface area contributed by atoms with Gasteiger partial charge in [-0.25, -0.2) is 0 Å². The summed E-state index contributed by atoms with van der Waals surface area (Å²) >= 11 is 0. The van der Waals surface area contributed by atoms with E-state index in [4.69, 9.17) is 10.5 Å². The maximum Gasteiger partial charge on any atom is 0.435 e. The molecular formula is C104H143F3N10O8. The van der Waals surface area contributed by atoms with Gasteiger partial charge < -0.3 is 20.4 Å². The van der Waals surface area contributed by atoms with Gasteiger partial charge in [-0.15, -0.1) is 0 Å². The first-order valence-electron chi connectivity index (χ1n) is 50.3. The standard InChI is InChI=1S/C26H35F3N2O2.2C26H35N3O2.C26H38N2O2/c1-24(33)8-5-15-14(12-24)3-4-17-16(15)6-9-25(2)22(17)18-11-19(18)23(25)20(32)13-31-10-7-21(30-31)26(27,28)29;1-25(31)8-5-17-15(12-25)3-4-19-18(17)6-9-26(2)23(19)20-11-21(20)24(26)22(30)14-29-10-7-16(13-27)28-29;1-25(31)7-5-17-16(10-25)3-4-19-18(17)6-8-26(2)23(19)20-9-21(20)24(26)22(30)14-29-13-15(11-27)12-28-29;1-15-12-27-28(13-15)14-22(29)24-21-10-20(21)23-19-5-4-16-11-25(2,30)8-6-17(16)18(19)7-9-26(23,24)3/h7,10,14-19,22-23,33H,3-6,8-9,11-13H2,1-2H3;7,10,15,17-21,23-24,31H,3-6,8-9,11-12,14H2,1-2H3;12-13,16-21,23-24,31H,3-10,14H2,1-2H3;12-13,16-21,23-24,30H,4-11,14H2,1-3H3/t14-,15+,16-,17-,18-,19+,22-,23-,24-,25+;15-,17+,18-,19-,20-,21+,23-,24-,25-,26+;2*16-,17+,18-,19-,20-,21+,23-,24-,25-,26+/m1111/s1. The summed E-state index contributed by atoms with van der Waals surface area (Å²) in [6.07, 6.45) is 42.9. The highest BCUT2D eigenvalue weighted by Gasteiger charge is 2.76. The normalized spacial score (nSPS) is 49.9. The number of fused-ring (bicyclic) bond motifs is 28. The molecule has 0 spiro atoms. The number of halogens is 3. The number of aromatic nitrogens is 8. The second-order valence-electron chi connectivity index (χ2n) is 49.2. The van der Waals surface area contributed by atoms with Gasteiger partial charge in [0.05, 0.1) is 66.5 Å². The van der Waals surface area contributed by atoms with Crippen molar-refractivity contribution < 1.29 is 52.8 Å². The van der Waals surface area contributed by atoms with Crippen LogP contribution in [0.25, 0.3) is 0 Å². The number of hydrogen-bond acceptors (Lipinski definition) is 14. The highest BCUT2D eigenvalue weighted by Crippen LogP contribution is 2.80. The molecule has 125 heavy (non-hydrogen) atoms. The second-order valence-corrected chi connectivity index (χ2v) is 49.2. The number of hydrogen-bond donors (Lipinski definition) is 4. The summed E-state index contributed by atoms with van der Waals surface area (Å²) in [6, 6.07) is 6.82. The Morgan fingerprint density at radius 3 is 0.968 bits per heavy atom. The molecule has 0 radical (unpaired) electrons. The lowest BCUT2D eigenvalue weighted by Gasteiger charge is -2.57. The molecular weight excluding hydrogens is 1570 g/mol. The predicted octanol–water partition coefficient (Wildman–Crippen LogP) is 18.4. The van der Waals surface area contributed by atoms with E-state index in [1.165, 1.54) is 139 Å². The average Bonchev–Trinajstić information content (AvgIpc) is 1.54. The van der Waals surface area contributed by atoms with Gasteiger partial charge in [0.1, 0.15) is 12.1 Å². The van der Waals surface area contributed by atoms with Crippen LogP contribution in [0.4, 0.5) is 13.2 Å². The molecule has 20 saturated carbocycles. The van der Waals surface area contributed by atoms with E-state index in [1.54, 1.807) is 34.0 Å². The summed E-state index contributed by atoms with van der Waals surface area (Å²) in [4.78, 5) is 53.9. The fourth-order valence-corrected chi connectivity index (χ4v) is 37.8. The molecule has 20 aliphatic rings. The Labute approximate surface area is 739 Å². The third-order valence-electron chi connectivity index (χ3n) is 42.0. The van der Waals surface area contributed by atoms with Crippen molar-refractivity contribution in [1.82, 2.24) is 39.1 Å². The number of nitriles is 2. The van der Waals surface area contributed by atoms with Crippen LogP contribution in [0, 0.1) is 241 Å². The molecule has 0 aliphatic heterocycles. The first-order chi connectivity index (χ1) is 59.4. The van der Waals surface area contributed by atoms with Crippen LogP contribution < -0.4 is 0 Å². The van der Waals surface area contributed by atoms with Crippen LogP contribution in [0.3, 0.4) is 0 Å². The number of rotatable bonds is 12. The number of nitrogens with zero attached hydrogens (tertiary/aromatic N) is 10. The summed E-state index contributed by atoms with van der Waals surface area (Å²) in [6.45, 7) is 20.8. The minimum atomic E-state index is -4.48. The monoisotopic (exact) mass is 1720 g/mol. The first kappa shape index (κ1) is 85.9. The van der Waals surface area contributed by atoms with E-state index >= 15 is 0 Å². The number of ketones is 4. The Bertz CT molecular complexity index is 4750. The van der Waals surface area contributed by atoms with E-state index in [0.717, 1.165) is 172 Å². The molecule has 0 amide bonds. The highest BCUT2D eigenvalue weighted by atomic mass is 19.4. The van der Waals surface area contributed by atoms with Crippen LogP contribution in [-0.4, -0.2) is 105 Å². The Balaban J connectivity index is 0.000000102. The summed E-state index contributed by atoms with van der Waals surface area (Å²) in [5.74, 6) is 21.8. The lowest BCUT2D eigenvalue weighted by Crippen LogP contribution is -2.52. The molecule has 4 aromatic rings. The smallest absolute Gasteiger partial charge is 0.390 e. The van der Waals surface area contributed by atoms with Crippen LogP contribution >= 0.6 is 0 Å². The maximum atomic E-state index is 13.5. The molecule has 678 valence electrons. The third kappa shape index (κ3) is 14.8. The van der Waals surface area contributed by atoms with Crippen LogP contribution in [-0.2, 0) is 51.5 Å². The largest absolute Gasteiger partial charge is 0.435 e. The molecule has 24 rings (SSSR count). The minimum absolute atomic E-state index is 0.0289. The molecule has 0 unspecified atom stereocenters. The molecule has 40 atom stereocenters. The van der Waals surface area contributed by atoms with Crippen LogP contribution in [0.5, 0.6) is 0 Å². The highest BCUT2D eigenvalue weighted by molar-refractivity contribution is 5.85. The Morgan fingerprint density at radius 2 is 0.680 bits per heavy atom. The van der Waals surface area contributed by atoms with Crippen LogP contribution in [0.2, 0.25) is 0 Å². The molecule has 20 aliphatic carbocycles. The number of Topliss-reactive ketones (excluding diaryl/α,β-unsaturated/α-hetero) is 4. The maximum absolute atomic E-state index is 13.5. The Kier molecular flexibility index (Phi) is 21.0. The van der Waals surface area contributed by atoms with Crippen LogP contribution in [0.1, 0.15) is 283 Å². The average molecular weight is 1720 g/mol. The van der Waals surface area contributed by atoms with E-state index in [9.17, 15) is 52.8 Å². The molecule has 21 heteroatoms. The predicted molar refractivity (Wildman–Crippen MR) is 462 cm³/mol. The van der Waals surface area contributed by atoms with Crippen molar-refractivity contribution in [2.45, 2.75) is 323 Å². The fraction of sp³-hybridized carbons (Fsp3) is 0.827. The van der Waals surface area contributed by atoms with Gasteiger partial charge in [0.25, 0.3) is 0 Å².